The van der Waals surface area contributed by atoms with Crippen LogP contribution in [-0.4, -0.2) is 63.5 Å². The molecule has 4 nitrogen and oxygen atoms in total. The van der Waals surface area contributed by atoms with Crippen molar-refractivity contribution in [3.05, 3.63) is 0 Å². The molecule has 0 aromatic carbocycles. The average molecular weight is 323 g/mol. The van der Waals surface area contributed by atoms with Crippen LogP contribution in [0, 0.1) is 5.41 Å². The summed E-state index contributed by atoms with van der Waals surface area (Å²) >= 11 is 12.2. The maximum atomic E-state index is 12.5. The average Bonchev–Trinajstić information content (AvgIpc) is 2.88. The van der Waals surface area contributed by atoms with Crippen LogP contribution in [0.25, 0.3) is 0 Å². The lowest BCUT2D eigenvalue weighted by molar-refractivity contribution is -0.136. The Morgan fingerprint density at radius 2 is 1.85 bits per heavy atom. The lowest BCUT2D eigenvalue weighted by atomic mass is 10.1. The van der Waals surface area contributed by atoms with Gasteiger partial charge in [-0.2, -0.15) is 0 Å². The van der Waals surface area contributed by atoms with Gasteiger partial charge in [-0.15, -0.1) is 23.2 Å². The van der Waals surface area contributed by atoms with Crippen molar-refractivity contribution in [3.63, 3.8) is 0 Å². The van der Waals surface area contributed by atoms with Crippen LogP contribution >= 0.6 is 23.2 Å². The summed E-state index contributed by atoms with van der Waals surface area (Å²) in [6.45, 7) is 9.18. The summed E-state index contributed by atoms with van der Waals surface area (Å²) in [4.78, 5) is 16.6. The van der Waals surface area contributed by atoms with Crippen molar-refractivity contribution in [1.82, 2.24) is 9.80 Å². The van der Waals surface area contributed by atoms with Gasteiger partial charge in [-0.1, -0.05) is 0 Å². The molecule has 116 valence electrons. The number of alkyl halides is 2. The number of hydrogen-bond donors (Lipinski definition) is 1. The van der Waals surface area contributed by atoms with Gasteiger partial charge in [0.15, 0.2) is 0 Å². The van der Waals surface area contributed by atoms with E-state index in [0.717, 1.165) is 26.1 Å². The van der Waals surface area contributed by atoms with Gasteiger partial charge in [0.1, 0.15) is 4.33 Å². The first-order valence-corrected chi connectivity index (χ1v) is 7.93. The van der Waals surface area contributed by atoms with Gasteiger partial charge in [0, 0.05) is 32.7 Å². The molecule has 1 aliphatic carbocycles. The van der Waals surface area contributed by atoms with Gasteiger partial charge in [-0.25, -0.2) is 0 Å². The maximum absolute atomic E-state index is 12.5. The Bertz CT molecular complexity index is 395. The van der Waals surface area contributed by atoms with Gasteiger partial charge in [-0.05, 0) is 33.6 Å². The quantitative estimate of drug-likeness (QED) is 0.807. The van der Waals surface area contributed by atoms with Crippen molar-refractivity contribution in [2.24, 2.45) is 5.41 Å². The molecule has 0 bridgehead atoms. The first kappa shape index (κ1) is 16.3. The Balaban J connectivity index is 1.92. The standard InChI is InChI=1S/C14H24Cl2N2O2/c1-12(2,20)10-17-5-4-6-18(8-7-17)11(19)13(3)9-14(13,15)16/h20H,4-10H2,1-3H3. The summed E-state index contributed by atoms with van der Waals surface area (Å²) in [7, 11) is 0. The van der Waals surface area contributed by atoms with Crippen molar-refractivity contribution in [1.29, 1.82) is 0 Å². The third kappa shape index (κ3) is 3.41. The highest BCUT2D eigenvalue weighted by molar-refractivity contribution is 6.53. The lowest BCUT2D eigenvalue weighted by Crippen LogP contribution is -2.43. The van der Waals surface area contributed by atoms with E-state index in [1.165, 1.54) is 0 Å². The summed E-state index contributed by atoms with van der Waals surface area (Å²) < 4.78 is -0.900. The van der Waals surface area contributed by atoms with E-state index in [0.29, 0.717) is 19.5 Å². The highest BCUT2D eigenvalue weighted by Gasteiger charge is 2.68. The van der Waals surface area contributed by atoms with E-state index >= 15 is 0 Å². The molecule has 1 heterocycles. The van der Waals surface area contributed by atoms with Gasteiger partial charge < -0.3 is 10.0 Å². The largest absolute Gasteiger partial charge is 0.389 e. The second-order valence-corrected chi connectivity index (χ2v) is 8.43. The summed E-state index contributed by atoms with van der Waals surface area (Å²) in [5.74, 6) is 0.0626. The molecule has 1 amide bonds. The minimum Gasteiger partial charge on any atom is -0.389 e. The summed E-state index contributed by atoms with van der Waals surface area (Å²) in [5, 5.41) is 9.89. The Hall–Kier alpha value is -0.0300. The smallest absolute Gasteiger partial charge is 0.231 e. The normalized spacial score (nSPS) is 31.0. The summed E-state index contributed by atoms with van der Waals surface area (Å²) in [5.41, 5.74) is -1.33. The van der Waals surface area contributed by atoms with Gasteiger partial charge in [0.25, 0.3) is 0 Å². The van der Waals surface area contributed by atoms with Crippen LogP contribution < -0.4 is 0 Å². The molecular weight excluding hydrogens is 299 g/mol. The van der Waals surface area contributed by atoms with Gasteiger partial charge in [-0.3, -0.25) is 9.69 Å². The molecule has 2 rings (SSSR count). The molecule has 20 heavy (non-hydrogen) atoms. The maximum Gasteiger partial charge on any atom is 0.231 e. The van der Waals surface area contributed by atoms with Crippen LogP contribution in [0.4, 0.5) is 0 Å². The number of nitrogens with zero attached hydrogens (tertiary/aromatic N) is 2. The number of β-amino-alcohol motifs (C(OH)–C–C–N with tert-alkyl or cyclic N) is 1. The highest BCUT2D eigenvalue weighted by atomic mass is 35.5. The molecular formula is C14H24Cl2N2O2. The number of rotatable bonds is 3. The van der Waals surface area contributed by atoms with Crippen LogP contribution in [0.5, 0.6) is 0 Å². The van der Waals surface area contributed by atoms with Gasteiger partial charge in [0.05, 0.1) is 11.0 Å². The third-order valence-corrected chi connectivity index (χ3v) is 5.32. The van der Waals surface area contributed by atoms with Gasteiger partial charge >= 0.3 is 0 Å². The van der Waals surface area contributed by atoms with Gasteiger partial charge in [0.2, 0.25) is 5.91 Å². The lowest BCUT2D eigenvalue weighted by Gasteiger charge is -2.28. The van der Waals surface area contributed by atoms with Crippen molar-refractivity contribution in [2.75, 3.05) is 32.7 Å². The Morgan fingerprint density at radius 3 is 2.35 bits per heavy atom. The molecule has 1 N–H and O–H groups in total. The number of amides is 1. The molecule has 6 heteroatoms. The Labute approximate surface area is 131 Å². The van der Waals surface area contributed by atoms with E-state index < -0.39 is 15.3 Å². The second kappa shape index (κ2) is 5.31. The molecule has 1 aliphatic heterocycles. The van der Waals surface area contributed by atoms with E-state index in [-0.39, 0.29) is 5.91 Å². The number of aliphatic hydroxyl groups is 1. The Morgan fingerprint density at radius 1 is 1.25 bits per heavy atom. The molecule has 0 aromatic rings. The fourth-order valence-corrected chi connectivity index (χ4v) is 3.56. The van der Waals surface area contributed by atoms with Crippen LogP contribution in [-0.2, 0) is 4.79 Å². The zero-order chi connectivity index (χ0) is 15.2. The van der Waals surface area contributed by atoms with Crippen LogP contribution in [0.2, 0.25) is 0 Å². The number of carbonyl (C=O) groups is 1. The number of hydrogen-bond acceptors (Lipinski definition) is 3. The van der Waals surface area contributed by atoms with Crippen molar-refractivity contribution in [2.45, 2.75) is 43.5 Å². The molecule has 1 atom stereocenters. The van der Waals surface area contributed by atoms with Crippen molar-refractivity contribution < 1.29 is 9.90 Å². The monoisotopic (exact) mass is 322 g/mol. The van der Waals surface area contributed by atoms with E-state index in [1.54, 1.807) is 13.8 Å². The SMILES string of the molecule is CC(C)(O)CN1CCCN(C(=O)C2(C)CC2(Cl)Cl)CC1. The first-order valence-electron chi connectivity index (χ1n) is 7.17. The zero-order valence-electron chi connectivity index (χ0n) is 12.5. The second-order valence-electron chi connectivity index (χ2n) is 6.95. The summed E-state index contributed by atoms with van der Waals surface area (Å²) in [6.07, 6.45) is 1.45. The fraction of sp³-hybridized carbons (Fsp3) is 0.929. The van der Waals surface area contributed by atoms with E-state index in [4.69, 9.17) is 23.2 Å². The number of carbonyl (C=O) groups excluding carboxylic acids is 1. The number of halogens is 2. The predicted octanol–water partition coefficient (Wildman–Crippen LogP) is 1.88. The third-order valence-electron chi connectivity index (χ3n) is 4.22. The van der Waals surface area contributed by atoms with Crippen LogP contribution in [0.15, 0.2) is 0 Å². The molecule has 0 spiro atoms. The Kier molecular flexibility index (Phi) is 4.34. The topological polar surface area (TPSA) is 43.8 Å². The molecule has 2 fully saturated rings. The highest BCUT2D eigenvalue weighted by Crippen LogP contribution is 2.64. The molecule has 1 saturated heterocycles. The summed E-state index contributed by atoms with van der Waals surface area (Å²) in [6, 6.07) is 0. The fourth-order valence-electron chi connectivity index (χ4n) is 2.86. The van der Waals surface area contributed by atoms with E-state index in [2.05, 4.69) is 4.90 Å². The minimum absolute atomic E-state index is 0.0626. The molecule has 0 radical (unpaired) electrons. The van der Waals surface area contributed by atoms with Crippen LogP contribution in [0.3, 0.4) is 0 Å². The molecule has 2 aliphatic rings. The molecule has 1 saturated carbocycles. The van der Waals surface area contributed by atoms with Crippen molar-refractivity contribution >= 4 is 29.1 Å². The molecule has 0 aromatic heterocycles. The van der Waals surface area contributed by atoms with Crippen LogP contribution in [0.1, 0.15) is 33.6 Å². The predicted molar refractivity (Wildman–Crippen MR) is 81.1 cm³/mol. The first-order chi connectivity index (χ1) is 9.05. The zero-order valence-corrected chi connectivity index (χ0v) is 14.0. The van der Waals surface area contributed by atoms with E-state index in [1.807, 2.05) is 11.8 Å². The van der Waals surface area contributed by atoms with E-state index in [9.17, 15) is 9.90 Å². The van der Waals surface area contributed by atoms with Crippen molar-refractivity contribution in [3.8, 4) is 0 Å². The molecule has 1 unspecified atom stereocenters. The minimum atomic E-state index is -0.900.